The Kier molecular flexibility index (Phi) is 22.5. The standard InChI is InChI=1S/C48H76N6O4/c1-3-49-45(55)41-30-20-31-42(53-41)46(56)50-35-39-26-16-8-10-18-28-40(29-19-11-9-17-27-39)36-52-48(58)44-33-21-32-43(54-44)47(57)51-34-38-24-14-6-4-12-22-37(2)23-13-5-7-15-25-38/h20-21,30-33,37-40H,3-19,22-29,34-36H2,1-2H3,(H,49,55)(H,50,56)(H,51,57)(H,52,58). The quantitative estimate of drug-likeness (QED) is 0.178. The van der Waals surface area contributed by atoms with Crippen molar-refractivity contribution in [3.05, 3.63) is 59.2 Å². The highest BCUT2D eigenvalue weighted by Gasteiger charge is 2.19. The Morgan fingerprint density at radius 3 is 0.966 bits per heavy atom. The molecule has 0 atom stereocenters. The van der Waals surface area contributed by atoms with E-state index in [2.05, 4.69) is 38.2 Å². The van der Waals surface area contributed by atoms with E-state index in [1.165, 1.54) is 64.2 Å². The third-order valence-electron chi connectivity index (χ3n) is 12.5. The van der Waals surface area contributed by atoms with Gasteiger partial charge in [0.05, 0.1) is 0 Å². The summed E-state index contributed by atoms with van der Waals surface area (Å²) in [6.45, 7) is 6.69. The fourth-order valence-electron chi connectivity index (χ4n) is 8.80. The summed E-state index contributed by atoms with van der Waals surface area (Å²) in [6.07, 6.45) is 28.8. The summed E-state index contributed by atoms with van der Waals surface area (Å²) in [5.74, 6) is 1.29. The molecule has 10 nitrogen and oxygen atoms in total. The van der Waals surface area contributed by atoms with Gasteiger partial charge >= 0.3 is 0 Å². The molecule has 0 bridgehead atoms. The Morgan fingerprint density at radius 2 is 0.690 bits per heavy atom. The van der Waals surface area contributed by atoms with Gasteiger partial charge in [-0.15, -0.1) is 0 Å². The maximum Gasteiger partial charge on any atom is 0.269 e. The van der Waals surface area contributed by atoms with Crippen molar-refractivity contribution in [3.8, 4) is 0 Å². The van der Waals surface area contributed by atoms with Crippen LogP contribution in [0.15, 0.2) is 36.4 Å². The van der Waals surface area contributed by atoms with Crippen molar-refractivity contribution >= 4 is 23.6 Å². The maximum atomic E-state index is 13.3. The van der Waals surface area contributed by atoms with Gasteiger partial charge in [-0.2, -0.15) is 0 Å². The molecule has 2 fully saturated rings. The van der Waals surface area contributed by atoms with Crippen LogP contribution in [0.1, 0.15) is 210 Å². The van der Waals surface area contributed by atoms with Gasteiger partial charge in [-0.3, -0.25) is 19.2 Å². The minimum Gasteiger partial charge on any atom is -0.351 e. The SMILES string of the molecule is CCNC(=O)c1cccc(C(=O)NCC2CCCCCCC(CNC(=O)c3cccc(C(=O)NCC4CCCCCCC(C)CCCCCC4)n3)CCCCCC2)n1. The molecule has 2 heterocycles. The molecule has 4 N–H and O–H groups in total. The molecule has 2 aliphatic rings. The first-order valence-corrected chi connectivity index (χ1v) is 23.4. The summed E-state index contributed by atoms with van der Waals surface area (Å²) in [6, 6.07) is 10.2. The number of rotatable bonds is 11. The fraction of sp³-hybridized carbons (Fsp3) is 0.708. The van der Waals surface area contributed by atoms with Crippen molar-refractivity contribution < 1.29 is 19.2 Å². The fourth-order valence-corrected chi connectivity index (χ4v) is 8.80. The Balaban J connectivity index is 1.17. The third kappa shape index (κ3) is 18.4. The van der Waals surface area contributed by atoms with E-state index in [0.717, 1.165) is 95.8 Å². The van der Waals surface area contributed by atoms with Crippen LogP contribution < -0.4 is 21.3 Å². The monoisotopic (exact) mass is 801 g/mol. The molecule has 0 aromatic carbocycles. The van der Waals surface area contributed by atoms with Crippen LogP contribution in [-0.4, -0.2) is 59.8 Å². The molecule has 2 aromatic rings. The number of hydrogen-bond donors (Lipinski definition) is 4. The number of hydrogen-bond acceptors (Lipinski definition) is 6. The molecule has 2 saturated carbocycles. The predicted octanol–water partition coefficient (Wildman–Crippen LogP) is 9.99. The Bertz CT molecular complexity index is 1480. The average Bonchev–Trinajstić information content (AvgIpc) is 3.24. The van der Waals surface area contributed by atoms with Gasteiger partial charge in [-0.1, -0.05) is 135 Å². The molecule has 0 saturated heterocycles. The second kappa shape index (κ2) is 27.8. The van der Waals surface area contributed by atoms with Crippen molar-refractivity contribution in [2.75, 3.05) is 26.2 Å². The minimum absolute atomic E-state index is 0.192. The number of amides is 4. The number of carbonyl (C=O) groups is 4. The van der Waals surface area contributed by atoms with Gasteiger partial charge < -0.3 is 21.3 Å². The summed E-state index contributed by atoms with van der Waals surface area (Å²) < 4.78 is 0. The smallest absolute Gasteiger partial charge is 0.269 e. The molecular formula is C48H76N6O4. The second-order valence-electron chi connectivity index (χ2n) is 17.5. The first kappa shape index (κ1) is 46.9. The lowest BCUT2D eigenvalue weighted by Gasteiger charge is -2.20. The molecule has 0 radical (unpaired) electrons. The van der Waals surface area contributed by atoms with Crippen LogP contribution in [0.3, 0.4) is 0 Å². The lowest BCUT2D eigenvalue weighted by molar-refractivity contribution is 0.0921. The number of pyridine rings is 2. The van der Waals surface area contributed by atoms with E-state index in [1.54, 1.807) is 36.4 Å². The summed E-state index contributed by atoms with van der Waals surface area (Å²) in [5.41, 5.74) is 1.14. The molecule has 0 spiro atoms. The van der Waals surface area contributed by atoms with Crippen molar-refractivity contribution in [1.29, 1.82) is 0 Å². The van der Waals surface area contributed by atoms with Gasteiger partial charge in [-0.05, 0) is 93.4 Å². The van der Waals surface area contributed by atoms with E-state index in [1.807, 2.05) is 6.92 Å². The first-order valence-electron chi connectivity index (χ1n) is 23.4. The van der Waals surface area contributed by atoms with Gasteiger partial charge in [0.1, 0.15) is 22.8 Å². The van der Waals surface area contributed by atoms with E-state index in [0.29, 0.717) is 55.3 Å². The van der Waals surface area contributed by atoms with Crippen molar-refractivity contribution in [2.45, 2.75) is 168 Å². The molecule has 58 heavy (non-hydrogen) atoms. The number of carbonyl (C=O) groups excluding carboxylic acids is 4. The third-order valence-corrected chi connectivity index (χ3v) is 12.5. The largest absolute Gasteiger partial charge is 0.351 e. The average molecular weight is 801 g/mol. The van der Waals surface area contributed by atoms with Crippen LogP contribution in [-0.2, 0) is 0 Å². The van der Waals surface area contributed by atoms with Crippen LogP contribution in [0, 0.1) is 23.7 Å². The second-order valence-corrected chi connectivity index (χ2v) is 17.5. The lowest BCUT2D eigenvalue weighted by atomic mass is 9.90. The van der Waals surface area contributed by atoms with Crippen molar-refractivity contribution in [1.82, 2.24) is 31.2 Å². The van der Waals surface area contributed by atoms with Gasteiger partial charge in [0.2, 0.25) is 0 Å². The molecule has 4 amide bonds. The normalized spacial score (nSPS) is 22.6. The Morgan fingerprint density at radius 1 is 0.431 bits per heavy atom. The highest BCUT2D eigenvalue weighted by Crippen LogP contribution is 2.24. The zero-order chi connectivity index (χ0) is 41.2. The van der Waals surface area contributed by atoms with E-state index >= 15 is 0 Å². The molecule has 0 aliphatic heterocycles. The summed E-state index contributed by atoms with van der Waals surface area (Å²) in [5, 5.41) is 12.1. The van der Waals surface area contributed by atoms with E-state index in [4.69, 9.17) is 0 Å². The maximum absolute atomic E-state index is 13.3. The highest BCUT2D eigenvalue weighted by atomic mass is 16.2. The molecule has 4 rings (SSSR count). The van der Waals surface area contributed by atoms with Gasteiger partial charge in [0.25, 0.3) is 23.6 Å². The van der Waals surface area contributed by atoms with Gasteiger partial charge in [0, 0.05) is 26.2 Å². The number of nitrogens with zero attached hydrogens (tertiary/aromatic N) is 2. The molecular weight excluding hydrogens is 725 g/mol. The van der Waals surface area contributed by atoms with Crippen molar-refractivity contribution in [3.63, 3.8) is 0 Å². The van der Waals surface area contributed by atoms with Crippen molar-refractivity contribution in [2.24, 2.45) is 23.7 Å². The topological polar surface area (TPSA) is 142 Å². The summed E-state index contributed by atoms with van der Waals surface area (Å²) in [4.78, 5) is 60.4. The van der Waals surface area contributed by atoms with Crippen LogP contribution in [0.4, 0.5) is 0 Å². The van der Waals surface area contributed by atoms with E-state index in [9.17, 15) is 19.2 Å². The van der Waals surface area contributed by atoms with Crippen LogP contribution in [0.25, 0.3) is 0 Å². The number of nitrogens with one attached hydrogen (secondary N) is 4. The molecule has 10 heteroatoms. The molecule has 2 aromatic heterocycles. The summed E-state index contributed by atoms with van der Waals surface area (Å²) in [7, 11) is 0. The molecule has 0 unspecified atom stereocenters. The molecule has 2 aliphatic carbocycles. The Labute approximate surface area is 350 Å². The lowest BCUT2D eigenvalue weighted by Crippen LogP contribution is -2.32. The van der Waals surface area contributed by atoms with Gasteiger partial charge in [0.15, 0.2) is 0 Å². The molecule has 322 valence electrons. The van der Waals surface area contributed by atoms with E-state index < -0.39 is 0 Å². The number of aromatic nitrogens is 2. The van der Waals surface area contributed by atoms with Gasteiger partial charge in [-0.25, -0.2) is 9.97 Å². The van der Waals surface area contributed by atoms with E-state index in [-0.39, 0.29) is 35.0 Å². The van der Waals surface area contributed by atoms with Crippen LogP contribution in [0.5, 0.6) is 0 Å². The van der Waals surface area contributed by atoms with Crippen LogP contribution >= 0.6 is 0 Å². The predicted molar refractivity (Wildman–Crippen MR) is 234 cm³/mol. The zero-order valence-electron chi connectivity index (χ0n) is 36.1. The highest BCUT2D eigenvalue weighted by molar-refractivity contribution is 5.97. The zero-order valence-corrected chi connectivity index (χ0v) is 36.1. The Hall–Kier alpha value is -3.82. The van der Waals surface area contributed by atoms with Crippen LogP contribution in [0.2, 0.25) is 0 Å². The first-order chi connectivity index (χ1) is 28.3. The summed E-state index contributed by atoms with van der Waals surface area (Å²) >= 11 is 0. The minimum atomic E-state index is -0.273.